The summed E-state index contributed by atoms with van der Waals surface area (Å²) >= 11 is 0. The lowest BCUT2D eigenvalue weighted by atomic mass is 10.2. The predicted molar refractivity (Wildman–Crippen MR) is 84.6 cm³/mol. The molecule has 1 rings (SSSR count). The molecule has 0 spiro atoms. The number of nitrogens with one attached hydrogen (secondary N) is 2. The van der Waals surface area contributed by atoms with Gasteiger partial charge in [0.05, 0.1) is 11.4 Å². The van der Waals surface area contributed by atoms with Crippen LogP contribution < -0.4 is 5.32 Å². The number of hydrogen-bond acceptors (Lipinski definition) is 4. The van der Waals surface area contributed by atoms with E-state index in [9.17, 15) is 8.42 Å². The molecule has 0 aliphatic carbocycles. The summed E-state index contributed by atoms with van der Waals surface area (Å²) in [5.74, 6) is 0. The highest BCUT2D eigenvalue weighted by molar-refractivity contribution is 7.89. The molecule has 0 aliphatic heterocycles. The van der Waals surface area contributed by atoms with Gasteiger partial charge in [0.2, 0.25) is 10.0 Å². The van der Waals surface area contributed by atoms with Gasteiger partial charge >= 0.3 is 0 Å². The third-order valence-electron chi connectivity index (χ3n) is 3.38. The molecule has 21 heavy (non-hydrogen) atoms. The standard InChI is InChI=1S/C14H28N4O2S/c1-6-7-8-9-18(5)21(19,20)14-12(4)16-17-13(14)10-15-11(2)3/h11,15H,6-10H2,1-5H3,(H,16,17). The molecule has 7 heteroatoms. The van der Waals surface area contributed by atoms with Crippen LogP contribution in [0.5, 0.6) is 0 Å². The van der Waals surface area contributed by atoms with Gasteiger partial charge in [0, 0.05) is 26.2 Å². The number of rotatable bonds is 9. The molecule has 0 saturated heterocycles. The summed E-state index contributed by atoms with van der Waals surface area (Å²) in [6.07, 6.45) is 2.98. The Hall–Kier alpha value is -0.920. The summed E-state index contributed by atoms with van der Waals surface area (Å²) in [6, 6.07) is 0.278. The number of nitrogens with zero attached hydrogens (tertiary/aromatic N) is 2. The minimum Gasteiger partial charge on any atom is -0.309 e. The second-order valence-corrected chi connectivity index (χ2v) is 7.68. The van der Waals surface area contributed by atoms with Crippen LogP contribution in [-0.2, 0) is 16.6 Å². The average molecular weight is 316 g/mol. The molecule has 0 radical (unpaired) electrons. The predicted octanol–water partition coefficient (Wildman–Crippen LogP) is 2.03. The maximum atomic E-state index is 12.7. The van der Waals surface area contributed by atoms with Crippen molar-refractivity contribution in [1.82, 2.24) is 19.8 Å². The molecule has 1 heterocycles. The lowest BCUT2D eigenvalue weighted by Crippen LogP contribution is -2.30. The van der Waals surface area contributed by atoms with Crippen LogP contribution in [0.2, 0.25) is 0 Å². The number of aromatic nitrogens is 2. The highest BCUT2D eigenvalue weighted by atomic mass is 32.2. The van der Waals surface area contributed by atoms with E-state index in [1.165, 1.54) is 4.31 Å². The minimum absolute atomic E-state index is 0.278. The average Bonchev–Trinajstić information content (AvgIpc) is 2.78. The minimum atomic E-state index is -3.49. The van der Waals surface area contributed by atoms with Crippen molar-refractivity contribution in [2.45, 2.75) is 64.4 Å². The Morgan fingerprint density at radius 3 is 2.57 bits per heavy atom. The van der Waals surface area contributed by atoms with Crippen molar-refractivity contribution in [3.8, 4) is 0 Å². The van der Waals surface area contributed by atoms with E-state index in [0.29, 0.717) is 29.4 Å². The molecule has 0 saturated carbocycles. The van der Waals surface area contributed by atoms with Gasteiger partial charge in [0.25, 0.3) is 0 Å². The second-order valence-electron chi connectivity index (χ2n) is 5.69. The molecule has 1 aromatic rings. The Morgan fingerprint density at radius 1 is 1.33 bits per heavy atom. The van der Waals surface area contributed by atoms with Gasteiger partial charge < -0.3 is 5.32 Å². The molecular formula is C14H28N4O2S. The van der Waals surface area contributed by atoms with Crippen LogP contribution in [-0.4, -0.2) is 42.6 Å². The first-order chi connectivity index (χ1) is 9.80. The molecule has 2 N–H and O–H groups in total. The lowest BCUT2D eigenvalue weighted by molar-refractivity contribution is 0.452. The zero-order valence-corrected chi connectivity index (χ0v) is 14.5. The third-order valence-corrected chi connectivity index (χ3v) is 5.44. The van der Waals surface area contributed by atoms with Crippen molar-refractivity contribution in [2.75, 3.05) is 13.6 Å². The van der Waals surface area contributed by atoms with Crippen molar-refractivity contribution < 1.29 is 8.42 Å². The molecule has 0 amide bonds. The monoisotopic (exact) mass is 316 g/mol. The van der Waals surface area contributed by atoms with Gasteiger partial charge in [-0.05, 0) is 13.3 Å². The number of aryl methyl sites for hydroxylation is 1. The van der Waals surface area contributed by atoms with Gasteiger partial charge in [0.1, 0.15) is 4.90 Å². The summed E-state index contributed by atoms with van der Waals surface area (Å²) in [4.78, 5) is 0.314. The van der Waals surface area contributed by atoms with E-state index in [0.717, 1.165) is 19.3 Å². The van der Waals surface area contributed by atoms with Gasteiger partial charge in [-0.25, -0.2) is 12.7 Å². The van der Waals surface area contributed by atoms with Crippen LogP contribution in [0.25, 0.3) is 0 Å². The highest BCUT2D eigenvalue weighted by Gasteiger charge is 2.28. The zero-order chi connectivity index (χ0) is 16.0. The number of aromatic amines is 1. The van der Waals surface area contributed by atoms with E-state index >= 15 is 0 Å². The SMILES string of the molecule is CCCCCN(C)S(=O)(=O)c1c(CNC(C)C)n[nH]c1C. The Kier molecular flexibility index (Phi) is 6.83. The fraction of sp³-hybridized carbons (Fsp3) is 0.786. The molecule has 122 valence electrons. The largest absolute Gasteiger partial charge is 0.309 e. The lowest BCUT2D eigenvalue weighted by Gasteiger charge is -2.18. The molecule has 0 aliphatic rings. The molecule has 0 unspecified atom stereocenters. The molecule has 0 fully saturated rings. The first kappa shape index (κ1) is 18.1. The molecule has 0 bridgehead atoms. The number of sulfonamides is 1. The summed E-state index contributed by atoms with van der Waals surface area (Å²) in [5.41, 5.74) is 1.15. The number of hydrogen-bond donors (Lipinski definition) is 2. The second kappa shape index (κ2) is 7.91. The Morgan fingerprint density at radius 2 is 2.00 bits per heavy atom. The normalized spacial score (nSPS) is 12.5. The van der Waals surface area contributed by atoms with Crippen LogP contribution in [0, 0.1) is 6.92 Å². The van der Waals surface area contributed by atoms with Crippen LogP contribution in [0.3, 0.4) is 0 Å². The quantitative estimate of drug-likeness (QED) is 0.683. The molecule has 0 aromatic carbocycles. The maximum absolute atomic E-state index is 12.7. The highest BCUT2D eigenvalue weighted by Crippen LogP contribution is 2.21. The van der Waals surface area contributed by atoms with E-state index < -0.39 is 10.0 Å². The number of unbranched alkanes of at least 4 members (excludes halogenated alkanes) is 2. The van der Waals surface area contributed by atoms with E-state index in [1.807, 2.05) is 13.8 Å². The van der Waals surface area contributed by atoms with Crippen LogP contribution in [0.15, 0.2) is 4.90 Å². The first-order valence-electron chi connectivity index (χ1n) is 7.54. The van der Waals surface area contributed by atoms with Gasteiger partial charge in [0.15, 0.2) is 0 Å². The smallest absolute Gasteiger partial charge is 0.246 e. The van der Waals surface area contributed by atoms with E-state index in [2.05, 4.69) is 22.4 Å². The summed E-state index contributed by atoms with van der Waals surface area (Å²) in [6.45, 7) is 8.87. The van der Waals surface area contributed by atoms with Crippen molar-refractivity contribution >= 4 is 10.0 Å². The fourth-order valence-electron chi connectivity index (χ4n) is 2.09. The van der Waals surface area contributed by atoms with Gasteiger partial charge in [-0.3, -0.25) is 5.10 Å². The van der Waals surface area contributed by atoms with Gasteiger partial charge in [-0.2, -0.15) is 5.10 Å². The van der Waals surface area contributed by atoms with Crippen LogP contribution >= 0.6 is 0 Å². The molecular weight excluding hydrogens is 288 g/mol. The molecule has 1 aromatic heterocycles. The number of H-pyrrole nitrogens is 1. The van der Waals surface area contributed by atoms with Gasteiger partial charge in [-0.1, -0.05) is 33.6 Å². The Bertz CT molecular complexity index is 537. The van der Waals surface area contributed by atoms with Crippen molar-refractivity contribution in [3.63, 3.8) is 0 Å². The first-order valence-corrected chi connectivity index (χ1v) is 8.98. The Labute approximate surface area is 128 Å². The topological polar surface area (TPSA) is 78.1 Å². The van der Waals surface area contributed by atoms with E-state index in [-0.39, 0.29) is 6.04 Å². The van der Waals surface area contributed by atoms with E-state index in [1.54, 1.807) is 14.0 Å². The van der Waals surface area contributed by atoms with Crippen LogP contribution in [0.1, 0.15) is 51.4 Å². The summed E-state index contributed by atoms with van der Waals surface area (Å²) in [5, 5.41) is 10.1. The fourth-order valence-corrected chi connectivity index (χ4v) is 3.62. The third kappa shape index (κ3) is 4.79. The molecule has 6 nitrogen and oxygen atoms in total. The Balaban J connectivity index is 2.93. The van der Waals surface area contributed by atoms with E-state index in [4.69, 9.17) is 0 Å². The van der Waals surface area contributed by atoms with Crippen molar-refractivity contribution in [3.05, 3.63) is 11.4 Å². The molecule has 0 atom stereocenters. The maximum Gasteiger partial charge on any atom is 0.246 e. The van der Waals surface area contributed by atoms with Crippen LogP contribution in [0.4, 0.5) is 0 Å². The van der Waals surface area contributed by atoms with Crippen molar-refractivity contribution in [1.29, 1.82) is 0 Å². The zero-order valence-electron chi connectivity index (χ0n) is 13.7. The summed E-state index contributed by atoms with van der Waals surface area (Å²) < 4.78 is 26.9. The summed E-state index contributed by atoms with van der Waals surface area (Å²) in [7, 11) is -1.85. The van der Waals surface area contributed by atoms with Crippen molar-refractivity contribution in [2.24, 2.45) is 0 Å². The van der Waals surface area contributed by atoms with Gasteiger partial charge in [-0.15, -0.1) is 0 Å².